The Bertz CT molecular complexity index is 426. The van der Waals surface area contributed by atoms with E-state index in [1.807, 2.05) is 24.4 Å². The lowest BCUT2D eigenvalue weighted by molar-refractivity contribution is 0.471. The van der Waals surface area contributed by atoms with Gasteiger partial charge < -0.3 is 10.4 Å². The Morgan fingerprint density at radius 2 is 2.29 bits per heavy atom. The molecule has 0 unspecified atom stereocenters. The van der Waals surface area contributed by atoms with E-state index in [0.29, 0.717) is 5.75 Å². The molecule has 0 atom stereocenters. The number of rotatable bonds is 2. The van der Waals surface area contributed by atoms with Gasteiger partial charge in [-0.25, -0.2) is 4.98 Å². The summed E-state index contributed by atoms with van der Waals surface area (Å²) in [7, 11) is 0. The van der Waals surface area contributed by atoms with Crippen LogP contribution in [0.3, 0.4) is 0 Å². The zero-order chi connectivity index (χ0) is 9.97. The molecule has 0 saturated carbocycles. The number of aromatic hydroxyl groups is 1. The van der Waals surface area contributed by atoms with Crippen molar-refractivity contribution >= 4 is 22.2 Å². The first-order valence-electron chi connectivity index (χ1n) is 4.22. The third-order valence-electron chi connectivity index (χ3n) is 1.89. The molecule has 0 aliphatic carbocycles. The van der Waals surface area contributed by atoms with Crippen molar-refractivity contribution in [2.45, 2.75) is 6.92 Å². The van der Waals surface area contributed by atoms with E-state index >= 15 is 0 Å². The molecule has 0 saturated heterocycles. The Hall–Kier alpha value is -1.55. The Kier molecular flexibility index (Phi) is 2.37. The second kappa shape index (κ2) is 3.67. The number of anilines is 2. The standard InChI is InChI=1S/C10H10N2OS/c1-7-2-3-8(6-9(7)13)12-10-11-4-5-14-10/h2-6,13H,1H3,(H,11,12). The van der Waals surface area contributed by atoms with Gasteiger partial charge in [0.15, 0.2) is 5.13 Å². The molecule has 2 N–H and O–H groups in total. The molecule has 0 radical (unpaired) electrons. The molecule has 0 aliphatic heterocycles. The highest BCUT2D eigenvalue weighted by molar-refractivity contribution is 7.13. The van der Waals surface area contributed by atoms with Gasteiger partial charge in [0.25, 0.3) is 0 Å². The zero-order valence-corrected chi connectivity index (χ0v) is 8.51. The fourth-order valence-electron chi connectivity index (χ4n) is 1.10. The average molecular weight is 206 g/mol. The molecule has 2 aromatic rings. The largest absolute Gasteiger partial charge is 0.508 e. The summed E-state index contributed by atoms with van der Waals surface area (Å²) in [6.07, 6.45) is 1.74. The molecule has 0 amide bonds. The minimum absolute atomic E-state index is 0.298. The summed E-state index contributed by atoms with van der Waals surface area (Å²) in [5.41, 5.74) is 1.72. The molecule has 1 aromatic heterocycles. The van der Waals surface area contributed by atoms with Crippen LogP contribution in [0.25, 0.3) is 0 Å². The smallest absolute Gasteiger partial charge is 0.187 e. The fourth-order valence-corrected chi connectivity index (χ4v) is 1.64. The highest BCUT2D eigenvalue weighted by Crippen LogP contribution is 2.24. The molecule has 2 rings (SSSR count). The predicted octanol–water partition coefficient (Wildman–Crippen LogP) is 2.90. The normalized spacial score (nSPS) is 10.1. The summed E-state index contributed by atoms with van der Waals surface area (Å²) >= 11 is 1.52. The van der Waals surface area contributed by atoms with E-state index < -0.39 is 0 Å². The second-order valence-electron chi connectivity index (χ2n) is 2.96. The highest BCUT2D eigenvalue weighted by atomic mass is 32.1. The molecule has 4 heteroatoms. The van der Waals surface area contributed by atoms with Crippen LogP contribution in [0.5, 0.6) is 5.75 Å². The minimum Gasteiger partial charge on any atom is -0.508 e. The van der Waals surface area contributed by atoms with Crippen LogP contribution in [-0.2, 0) is 0 Å². The van der Waals surface area contributed by atoms with Gasteiger partial charge >= 0.3 is 0 Å². The summed E-state index contributed by atoms with van der Waals surface area (Å²) in [5.74, 6) is 0.298. The molecule has 1 aromatic carbocycles. The maximum Gasteiger partial charge on any atom is 0.187 e. The highest BCUT2D eigenvalue weighted by Gasteiger charge is 1.99. The molecule has 1 heterocycles. The van der Waals surface area contributed by atoms with Crippen LogP contribution < -0.4 is 5.32 Å². The van der Waals surface area contributed by atoms with Crippen molar-refractivity contribution in [1.29, 1.82) is 0 Å². The van der Waals surface area contributed by atoms with Crippen molar-refractivity contribution in [3.8, 4) is 5.75 Å². The minimum atomic E-state index is 0.298. The van der Waals surface area contributed by atoms with Crippen molar-refractivity contribution in [1.82, 2.24) is 4.98 Å². The predicted molar refractivity (Wildman–Crippen MR) is 58.2 cm³/mol. The number of nitrogens with zero attached hydrogens (tertiary/aromatic N) is 1. The second-order valence-corrected chi connectivity index (χ2v) is 3.86. The maximum atomic E-state index is 9.47. The van der Waals surface area contributed by atoms with Gasteiger partial charge in [0.1, 0.15) is 5.75 Å². The Balaban J connectivity index is 2.22. The number of aryl methyl sites for hydroxylation is 1. The van der Waals surface area contributed by atoms with E-state index in [1.165, 1.54) is 11.3 Å². The van der Waals surface area contributed by atoms with Crippen LogP contribution in [0, 0.1) is 6.92 Å². The fraction of sp³-hybridized carbons (Fsp3) is 0.100. The van der Waals surface area contributed by atoms with Crippen LogP contribution in [0.2, 0.25) is 0 Å². The summed E-state index contributed by atoms with van der Waals surface area (Å²) < 4.78 is 0. The van der Waals surface area contributed by atoms with Crippen LogP contribution in [-0.4, -0.2) is 10.1 Å². The van der Waals surface area contributed by atoms with E-state index in [1.54, 1.807) is 12.3 Å². The number of phenols is 1. The first kappa shape index (κ1) is 9.02. The van der Waals surface area contributed by atoms with Crippen molar-refractivity contribution in [2.24, 2.45) is 0 Å². The third-order valence-corrected chi connectivity index (χ3v) is 2.58. The van der Waals surface area contributed by atoms with Gasteiger partial charge in [-0.15, -0.1) is 11.3 Å². The van der Waals surface area contributed by atoms with Crippen molar-refractivity contribution in [3.05, 3.63) is 35.3 Å². The van der Waals surface area contributed by atoms with Gasteiger partial charge in [-0.1, -0.05) is 6.07 Å². The summed E-state index contributed by atoms with van der Waals surface area (Å²) in [6, 6.07) is 5.47. The van der Waals surface area contributed by atoms with Gasteiger partial charge in [0.05, 0.1) is 0 Å². The summed E-state index contributed by atoms with van der Waals surface area (Å²) in [6.45, 7) is 1.86. The van der Waals surface area contributed by atoms with Crippen LogP contribution in [0.4, 0.5) is 10.8 Å². The van der Waals surface area contributed by atoms with E-state index in [2.05, 4.69) is 10.3 Å². The number of phenolic OH excluding ortho intramolecular Hbond substituents is 1. The topological polar surface area (TPSA) is 45.2 Å². The number of aromatic nitrogens is 1. The number of benzene rings is 1. The van der Waals surface area contributed by atoms with Crippen molar-refractivity contribution < 1.29 is 5.11 Å². The summed E-state index contributed by atoms with van der Waals surface area (Å²) in [4.78, 5) is 4.09. The lowest BCUT2D eigenvalue weighted by atomic mass is 10.2. The number of hydrogen-bond acceptors (Lipinski definition) is 4. The molecule has 14 heavy (non-hydrogen) atoms. The van der Waals surface area contributed by atoms with E-state index in [0.717, 1.165) is 16.4 Å². The number of nitrogens with one attached hydrogen (secondary N) is 1. The molecular weight excluding hydrogens is 196 g/mol. The Labute approximate surface area is 86.1 Å². The van der Waals surface area contributed by atoms with Gasteiger partial charge in [-0.2, -0.15) is 0 Å². The molecular formula is C10H10N2OS. The van der Waals surface area contributed by atoms with Crippen LogP contribution in [0.15, 0.2) is 29.8 Å². The molecule has 0 bridgehead atoms. The summed E-state index contributed by atoms with van der Waals surface area (Å²) in [5, 5.41) is 15.3. The molecule has 72 valence electrons. The SMILES string of the molecule is Cc1ccc(Nc2nccs2)cc1O. The quantitative estimate of drug-likeness (QED) is 0.794. The average Bonchev–Trinajstić information content (AvgIpc) is 2.64. The van der Waals surface area contributed by atoms with Crippen molar-refractivity contribution in [3.63, 3.8) is 0 Å². The Morgan fingerprint density at radius 1 is 1.43 bits per heavy atom. The van der Waals surface area contributed by atoms with Crippen LogP contribution in [0.1, 0.15) is 5.56 Å². The molecule has 0 spiro atoms. The lowest BCUT2D eigenvalue weighted by Crippen LogP contribution is -1.88. The molecule has 0 fully saturated rings. The Morgan fingerprint density at radius 3 is 2.93 bits per heavy atom. The van der Waals surface area contributed by atoms with E-state index in [-0.39, 0.29) is 0 Å². The first-order chi connectivity index (χ1) is 6.75. The monoisotopic (exact) mass is 206 g/mol. The first-order valence-corrected chi connectivity index (χ1v) is 5.10. The van der Waals surface area contributed by atoms with Gasteiger partial charge in [-0.05, 0) is 18.6 Å². The third kappa shape index (κ3) is 1.85. The molecule has 0 aliphatic rings. The lowest BCUT2D eigenvalue weighted by Gasteiger charge is -2.04. The van der Waals surface area contributed by atoms with Gasteiger partial charge in [0.2, 0.25) is 0 Å². The van der Waals surface area contributed by atoms with Crippen LogP contribution >= 0.6 is 11.3 Å². The van der Waals surface area contributed by atoms with Crippen molar-refractivity contribution in [2.75, 3.05) is 5.32 Å². The molecule has 3 nitrogen and oxygen atoms in total. The number of hydrogen-bond donors (Lipinski definition) is 2. The van der Waals surface area contributed by atoms with E-state index in [4.69, 9.17) is 0 Å². The number of thiazole rings is 1. The van der Waals surface area contributed by atoms with Gasteiger partial charge in [0, 0.05) is 23.3 Å². The maximum absolute atomic E-state index is 9.47. The van der Waals surface area contributed by atoms with E-state index in [9.17, 15) is 5.11 Å². The zero-order valence-electron chi connectivity index (χ0n) is 7.69. The van der Waals surface area contributed by atoms with Gasteiger partial charge in [-0.3, -0.25) is 0 Å².